The minimum Gasteiger partial charge on any atom is -0.384 e. The fraction of sp³-hybridized carbons (Fsp3) is 0.462. The fourth-order valence-electron chi connectivity index (χ4n) is 1.65. The first-order chi connectivity index (χ1) is 7.85. The van der Waals surface area contributed by atoms with Gasteiger partial charge < -0.3 is 5.32 Å². The lowest BCUT2D eigenvalue weighted by molar-refractivity contribution is 0.888. The molecule has 0 atom stereocenters. The monoisotopic (exact) mass is 232 g/mol. The first-order valence-corrected chi connectivity index (χ1v) is 6.73. The summed E-state index contributed by atoms with van der Waals surface area (Å²) in [5.41, 5.74) is 1.79. The molecule has 1 N–H and O–H groups in total. The maximum absolute atomic E-state index is 9.20. The Bertz CT molecular complexity index is 405. The second kappa shape index (κ2) is 5.27. The highest BCUT2D eigenvalue weighted by Gasteiger charge is 2.21. The summed E-state index contributed by atoms with van der Waals surface area (Å²) < 4.78 is 0. The molecule has 1 saturated carbocycles. The number of rotatable bonds is 5. The summed E-state index contributed by atoms with van der Waals surface area (Å²) in [5, 5.41) is 12.6. The van der Waals surface area contributed by atoms with Crippen LogP contribution in [0.1, 0.15) is 25.3 Å². The summed E-state index contributed by atoms with van der Waals surface area (Å²) in [7, 11) is 0. The van der Waals surface area contributed by atoms with E-state index in [0.717, 1.165) is 34.4 Å². The molecule has 1 aromatic carbocycles. The summed E-state index contributed by atoms with van der Waals surface area (Å²) in [6.07, 6.45) is 2.66. The third-order valence-electron chi connectivity index (χ3n) is 2.72. The molecule has 0 radical (unpaired) electrons. The largest absolute Gasteiger partial charge is 0.384 e. The maximum atomic E-state index is 9.20. The molecule has 84 valence electrons. The molecule has 1 fully saturated rings. The Morgan fingerprint density at radius 2 is 2.31 bits per heavy atom. The van der Waals surface area contributed by atoms with E-state index in [2.05, 4.69) is 18.3 Å². The van der Waals surface area contributed by atoms with E-state index in [1.54, 1.807) is 11.8 Å². The summed E-state index contributed by atoms with van der Waals surface area (Å²) >= 11 is 1.73. The van der Waals surface area contributed by atoms with Gasteiger partial charge in [-0.2, -0.15) is 5.26 Å². The van der Waals surface area contributed by atoms with Crippen LogP contribution in [0.5, 0.6) is 0 Å². The molecule has 0 heterocycles. The summed E-state index contributed by atoms with van der Waals surface area (Å²) in [6, 6.07) is 8.36. The van der Waals surface area contributed by atoms with Crippen LogP contribution >= 0.6 is 11.8 Å². The molecule has 0 spiro atoms. The number of nitriles is 1. The van der Waals surface area contributed by atoms with Crippen LogP contribution in [0.25, 0.3) is 0 Å². The van der Waals surface area contributed by atoms with Gasteiger partial charge in [-0.3, -0.25) is 0 Å². The SMILES string of the molecule is CCSc1cccc(NCC2CC2)c1C#N. The molecular formula is C13H16N2S. The molecular weight excluding hydrogens is 216 g/mol. The van der Waals surface area contributed by atoms with E-state index in [4.69, 9.17) is 0 Å². The van der Waals surface area contributed by atoms with Gasteiger partial charge in [-0.1, -0.05) is 13.0 Å². The average Bonchev–Trinajstić information content (AvgIpc) is 3.11. The zero-order valence-corrected chi connectivity index (χ0v) is 10.3. The fourth-order valence-corrected chi connectivity index (χ4v) is 2.43. The normalized spacial score (nSPS) is 14.5. The quantitative estimate of drug-likeness (QED) is 0.789. The first-order valence-electron chi connectivity index (χ1n) is 5.75. The zero-order valence-electron chi connectivity index (χ0n) is 9.49. The number of anilines is 1. The number of hydrogen-bond acceptors (Lipinski definition) is 3. The van der Waals surface area contributed by atoms with Crippen molar-refractivity contribution < 1.29 is 0 Å². The van der Waals surface area contributed by atoms with E-state index in [-0.39, 0.29) is 0 Å². The van der Waals surface area contributed by atoms with Crippen LogP contribution in [-0.2, 0) is 0 Å². The first kappa shape index (κ1) is 11.3. The highest BCUT2D eigenvalue weighted by atomic mass is 32.2. The molecule has 1 aliphatic rings. The Labute approximate surface area is 101 Å². The third-order valence-corrected chi connectivity index (χ3v) is 3.66. The van der Waals surface area contributed by atoms with Crippen LogP contribution in [0.4, 0.5) is 5.69 Å². The van der Waals surface area contributed by atoms with Crippen LogP contribution in [0, 0.1) is 17.2 Å². The van der Waals surface area contributed by atoms with E-state index < -0.39 is 0 Å². The lowest BCUT2D eigenvalue weighted by Crippen LogP contribution is -2.05. The standard InChI is InChI=1S/C13H16N2S/c1-2-16-13-5-3-4-12(11(13)8-14)15-9-10-6-7-10/h3-5,10,15H,2,6-7,9H2,1H3. The van der Waals surface area contributed by atoms with Crippen molar-refractivity contribution in [3.8, 4) is 6.07 Å². The van der Waals surface area contributed by atoms with Gasteiger partial charge in [0.15, 0.2) is 0 Å². The van der Waals surface area contributed by atoms with Crippen molar-refractivity contribution >= 4 is 17.4 Å². The van der Waals surface area contributed by atoms with Gasteiger partial charge in [0.1, 0.15) is 6.07 Å². The lowest BCUT2D eigenvalue weighted by atomic mass is 10.2. The van der Waals surface area contributed by atoms with Crippen LogP contribution in [0.3, 0.4) is 0 Å². The second-order valence-corrected chi connectivity index (χ2v) is 5.35. The lowest BCUT2D eigenvalue weighted by Gasteiger charge is -2.10. The van der Waals surface area contributed by atoms with Crippen molar-refractivity contribution in [1.29, 1.82) is 5.26 Å². The molecule has 0 saturated heterocycles. The Morgan fingerprint density at radius 3 is 2.94 bits per heavy atom. The van der Waals surface area contributed by atoms with Gasteiger partial charge in [0.05, 0.1) is 11.3 Å². The number of benzene rings is 1. The van der Waals surface area contributed by atoms with Crippen molar-refractivity contribution in [1.82, 2.24) is 0 Å². The summed E-state index contributed by atoms with van der Waals surface area (Å²) in [6.45, 7) is 3.12. The predicted molar refractivity (Wildman–Crippen MR) is 68.8 cm³/mol. The van der Waals surface area contributed by atoms with Gasteiger partial charge >= 0.3 is 0 Å². The van der Waals surface area contributed by atoms with E-state index >= 15 is 0 Å². The highest BCUT2D eigenvalue weighted by molar-refractivity contribution is 7.99. The average molecular weight is 232 g/mol. The molecule has 1 aromatic rings. The van der Waals surface area contributed by atoms with E-state index in [1.165, 1.54) is 12.8 Å². The van der Waals surface area contributed by atoms with Gasteiger partial charge in [-0.15, -0.1) is 11.8 Å². The molecule has 0 amide bonds. The number of hydrogen-bond donors (Lipinski definition) is 1. The van der Waals surface area contributed by atoms with Crippen LogP contribution in [-0.4, -0.2) is 12.3 Å². The number of thioether (sulfide) groups is 1. The maximum Gasteiger partial charge on any atom is 0.102 e. The molecule has 16 heavy (non-hydrogen) atoms. The molecule has 0 aromatic heterocycles. The van der Waals surface area contributed by atoms with Crippen LogP contribution in [0.2, 0.25) is 0 Å². The molecule has 3 heteroatoms. The molecule has 1 aliphatic carbocycles. The third kappa shape index (κ3) is 2.70. The molecule has 2 rings (SSSR count). The van der Waals surface area contributed by atoms with Gasteiger partial charge in [0, 0.05) is 11.4 Å². The molecule has 0 aliphatic heterocycles. The Kier molecular flexibility index (Phi) is 3.74. The summed E-state index contributed by atoms with van der Waals surface area (Å²) in [5.74, 6) is 1.83. The van der Waals surface area contributed by atoms with Crippen molar-refractivity contribution in [3.05, 3.63) is 23.8 Å². The smallest absolute Gasteiger partial charge is 0.102 e. The van der Waals surface area contributed by atoms with Gasteiger partial charge in [0.25, 0.3) is 0 Å². The number of nitrogens with zero attached hydrogens (tertiary/aromatic N) is 1. The number of nitrogens with one attached hydrogen (secondary N) is 1. The van der Waals surface area contributed by atoms with Crippen molar-refractivity contribution in [2.45, 2.75) is 24.7 Å². The minimum atomic E-state index is 0.801. The zero-order chi connectivity index (χ0) is 11.4. The van der Waals surface area contributed by atoms with Crippen molar-refractivity contribution in [2.75, 3.05) is 17.6 Å². The van der Waals surface area contributed by atoms with Gasteiger partial charge in [-0.25, -0.2) is 0 Å². The minimum absolute atomic E-state index is 0.801. The van der Waals surface area contributed by atoms with Gasteiger partial charge in [-0.05, 0) is 36.6 Å². The molecule has 0 unspecified atom stereocenters. The Morgan fingerprint density at radius 1 is 1.50 bits per heavy atom. The van der Waals surface area contributed by atoms with Gasteiger partial charge in [0.2, 0.25) is 0 Å². The molecule has 0 bridgehead atoms. The highest BCUT2D eigenvalue weighted by Crippen LogP contribution is 2.31. The summed E-state index contributed by atoms with van der Waals surface area (Å²) in [4.78, 5) is 1.09. The Balaban J connectivity index is 2.14. The van der Waals surface area contributed by atoms with Crippen LogP contribution < -0.4 is 5.32 Å². The van der Waals surface area contributed by atoms with Crippen LogP contribution in [0.15, 0.2) is 23.1 Å². The van der Waals surface area contributed by atoms with E-state index in [1.807, 2.05) is 18.2 Å². The Hall–Kier alpha value is -1.14. The van der Waals surface area contributed by atoms with Crippen molar-refractivity contribution in [3.63, 3.8) is 0 Å². The second-order valence-electron chi connectivity index (χ2n) is 4.05. The molecule has 2 nitrogen and oxygen atoms in total. The topological polar surface area (TPSA) is 35.8 Å². The van der Waals surface area contributed by atoms with Crippen molar-refractivity contribution in [2.24, 2.45) is 5.92 Å². The van der Waals surface area contributed by atoms with E-state index in [0.29, 0.717) is 0 Å². The predicted octanol–water partition coefficient (Wildman–Crippen LogP) is 3.49. The van der Waals surface area contributed by atoms with E-state index in [9.17, 15) is 5.26 Å².